The van der Waals surface area contributed by atoms with Gasteiger partial charge < -0.3 is 10.5 Å². The second kappa shape index (κ2) is 5.40. The van der Waals surface area contributed by atoms with E-state index in [1.54, 1.807) is 6.20 Å². The Morgan fingerprint density at radius 1 is 1.64 bits per heavy atom. The fourth-order valence-electron chi connectivity index (χ4n) is 1.10. The molecule has 0 aliphatic heterocycles. The summed E-state index contributed by atoms with van der Waals surface area (Å²) in [5.41, 5.74) is 7.45. The van der Waals surface area contributed by atoms with Crippen LogP contribution < -0.4 is 10.5 Å². The van der Waals surface area contributed by atoms with Gasteiger partial charge in [-0.3, -0.25) is 4.98 Å². The molecule has 0 saturated carbocycles. The second-order valence-electron chi connectivity index (χ2n) is 3.06. The van der Waals surface area contributed by atoms with Crippen molar-refractivity contribution in [3.8, 4) is 5.75 Å². The molecule has 0 atom stereocenters. The van der Waals surface area contributed by atoms with Crippen molar-refractivity contribution in [2.75, 3.05) is 6.61 Å². The Morgan fingerprint density at radius 2 is 2.43 bits per heavy atom. The summed E-state index contributed by atoms with van der Waals surface area (Å²) in [4.78, 5) is 4.16. The molecule has 14 heavy (non-hydrogen) atoms. The van der Waals surface area contributed by atoms with Crippen LogP contribution in [0.5, 0.6) is 5.75 Å². The molecular weight excluding hydrogens is 176 g/mol. The van der Waals surface area contributed by atoms with Crippen molar-refractivity contribution in [1.82, 2.24) is 4.98 Å². The van der Waals surface area contributed by atoms with Gasteiger partial charge in [0.15, 0.2) is 0 Å². The molecule has 0 bridgehead atoms. The molecule has 0 spiro atoms. The number of aryl methyl sites for hydroxylation is 1. The maximum absolute atomic E-state index is 5.56. The Bertz CT molecular complexity index is 310. The molecule has 0 unspecified atom stereocenters. The summed E-state index contributed by atoms with van der Waals surface area (Å²) >= 11 is 0. The summed E-state index contributed by atoms with van der Waals surface area (Å²) in [5.74, 6) is 0.835. The first-order valence-corrected chi connectivity index (χ1v) is 4.67. The normalized spacial score (nSPS) is 9.86. The lowest BCUT2D eigenvalue weighted by molar-refractivity contribution is 0.321. The molecule has 3 heteroatoms. The highest BCUT2D eigenvalue weighted by atomic mass is 16.5. The highest BCUT2D eigenvalue weighted by Crippen LogP contribution is 2.17. The van der Waals surface area contributed by atoms with Gasteiger partial charge in [0.05, 0.1) is 6.61 Å². The van der Waals surface area contributed by atoms with E-state index in [0.717, 1.165) is 23.4 Å². The number of hydrogen-bond donors (Lipinski definition) is 1. The first kappa shape index (κ1) is 10.7. The van der Waals surface area contributed by atoms with Crippen LogP contribution in [-0.4, -0.2) is 11.6 Å². The monoisotopic (exact) mass is 192 g/mol. The lowest BCUT2D eigenvalue weighted by Gasteiger charge is -2.09. The molecule has 3 nitrogen and oxygen atoms in total. The predicted octanol–water partition coefficient (Wildman–Crippen LogP) is 1.80. The number of nitrogens with zero attached hydrogens (tertiary/aromatic N) is 1. The molecule has 0 amide bonds. The lowest BCUT2D eigenvalue weighted by Crippen LogP contribution is -2.04. The van der Waals surface area contributed by atoms with Gasteiger partial charge in [-0.05, 0) is 13.3 Å². The zero-order valence-corrected chi connectivity index (χ0v) is 8.49. The van der Waals surface area contributed by atoms with Crippen LogP contribution in [-0.2, 0) is 6.54 Å². The van der Waals surface area contributed by atoms with Gasteiger partial charge in [-0.25, -0.2) is 0 Å². The maximum Gasteiger partial charge on any atom is 0.127 e. The molecule has 0 aliphatic rings. The lowest BCUT2D eigenvalue weighted by atomic mass is 10.2. The molecule has 0 aromatic carbocycles. The molecule has 1 aromatic heterocycles. The average molecular weight is 192 g/mol. The minimum absolute atomic E-state index is 0.455. The van der Waals surface area contributed by atoms with E-state index in [2.05, 4.69) is 11.6 Å². The Kier molecular flexibility index (Phi) is 4.13. The third kappa shape index (κ3) is 2.85. The number of hydrogen-bond acceptors (Lipinski definition) is 3. The van der Waals surface area contributed by atoms with Gasteiger partial charge in [-0.1, -0.05) is 6.08 Å². The molecule has 1 heterocycles. The minimum atomic E-state index is 0.455. The van der Waals surface area contributed by atoms with Crippen LogP contribution in [0.2, 0.25) is 0 Å². The van der Waals surface area contributed by atoms with Crippen LogP contribution in [0.25, 0.3) is 0 Å². The highest BCUT2D eigenvalue weighted by molar-refractivity contribution is 5.32. The van der Waals surface area contributed by atoms with Gasteiger partial charge in [0.2, 0.25) is 0 Å². The van der Waals surface area contributed by atoms with Crippen molar-refractivity contribution in [2.45, 2.75) is 19.9 Å². The van der Waals surface area contributed by atoms with Crippen LogP contribution in [0.3, 0.4) is 0 Å². The van der Waals surface area contributed by atoms with Crippen LogP contribution in [0, 0.1) is 6.92 Å². The molecular formula is C11H16N2O. The summed E-state index contributed by atoms with van der Waals surface area (Å²) in [7, 11) is 0. The Hall–Kier alpha value is -1.35. The Labute approximate surface area is 84.6 Å². The minimum Gasteiger partial charge on any atom is -0.493 e. The first-order valence-electron chi connectivity index (χ1n) is 4.67. The van der Waals surface area contributed by atoms with Gasteiger partial charge in [-0.15, -0.1) is 6.58 Å². The van der Waals surface area contributed by atoms with Crippen molar-refractivity contribution in [2.24, 2.45) is 5.73 Å². The van der Waals surface area contributed by atoms with E-state index in [4.69, 9.17) is 10.5 Å². The molecule has 2 N–H and O–H groups in total. The third-order valence-corrected chi connectivity index (χ3v) is 1.88. The van der Waals surface area contributed by atoms with Crippen LogP contribution in [0.15, 0.2) is 24.9 Å². The van der Waals surface area contributed by atoms with Crippen LogP contribution in [0.4, 0.5) is 0 Å². The van der Waals surface area contributed by atoms with Crippen molar-refractivity contribution < 1.29 is 4.74 Å². The molecule has 76 valence electrons. The smallest absolute Gasteiger partial charge is 0.127 e. The predicted molar refractivity (Wildman–Crippen MR) is 57.2 cm³/mol. The van der Waals surface area contributed by atoms with Crippen molar-refractivity contribution in [3.05, 3.63) is 36.2 Å². The first-order chi connectivity index (χ1) is 6.77. The summed E-state index contributed by atoms with van der Waals surface area (Å²) in [6, 6.07) is 1.91. The van der Waals surface area contributed by atoms with E-state index in [-0.39, 0.29) is 0 Å². The second-order valence-corrected chi connectivity index (χ2v) is 3.06. The fraction of sp³-hybridized carbons (Fsp3) is 0.364. The molecule has 0 radical (unpaired) electrons. The van der Waals surface area contributed by atoms with E-state index in [0.29, 0.717) is 13.2 Å². The van der Waals surface area contributed by atoms with E-state index in [1.165, 1.54) is 0 Å². The zero-order valence-electron chi connectivity index (χ0n) is 8.49. The molecule has 0 fully saturated rings. The quantitative estimate of drug-likeness (QED) is 0.571. The Morgan fingerprint density at radius 3 is 3.07 bits per heavy atom. The number of pyridine rings is 1. The summed E-state index contributed by atoms with van der Waals surface area (Å²) in [6.45, 7) is 6.66. The van der Waals surface area contributed by atoms with Crippen molar-refractivity contribution >= 4 is 0 Å². The summed E-state index contributed by atoms with van der Waals surface area (Å²) in [6.07, 6.45) is 4.43. The van der Waals surface area contributed by atoms with Gasteiger partial charge >= 0.3 is 0 Å². The zero-order chi connectivity index (χ0) is 10.4. The maximum atomic E-state index is 5.56. The Balaban J connectivity index is 2.71. The topological polar surface area (TPSA) is 48.1 Å². The molecule has 0 aliphatic carbocycles. The van der Waals surface area contributed by atoms with Crippen LogP contribution in [0.1, 0.15) is 17.7 Å². The van der Waals surface area contributed by atoms with Gasteiger partial charge in [0.25, 0.3) is 0 Å². The largest absolute Gasteiger partial charge is 0.493 e. The summed E-state index contributed by atoms with van der Waals surface area (Å²) in [5, 5.41) is 0. The average Bonchev–Trinajstić information content (AvgIpc) is 2.19. The third-order valence-electron chi connectivity index (χ3n) is 1.88. The highest BCUT2D eigenvalue weighted by Gasteiger charge is 2.02. The standard InChI is InChI=1S/C11H16N2O/c1-3-4-5-14-11-6-9(2)13-8-10(11)7-12/h3,6,8H,1,4-5,7,12H2,2H3. The van der Waals surface area contributed by atoms with Crippen LogP contribution >= 0.6 is 0 Å². The molecule has 0 saturated heterocycles. The number of rotatable bonds is 5. The van der Waals surface area contributed by atoms with E-state index in [1.807, 2.05) is 19.1 Å². The molecule has 1 aromatic rings. The number of nitrogens with two attached hydrogens (primary N) is 1. The van der Waals surface area contributed by atoms with Crippen molar-refractivity contribution in [3.63, 3.8) is 0 Å². The van der Waals surface area contributed by atoms with Crippen molar-refractivity contribution in [1.29, 1.82) is 0 Å². The number of aromatic nitrogens is 1. The van der Waals surface area contributed by atoms with Gasteiger partial charge in [0, 0.05) is 30.1 Å². The number of ether oxygens (including phenoxy) is 1. The SMILES string of the molecule is C=CCCOc1cc(C)ncc1CN. The summed E-state index contributed by atoms with van der Waals surface area (Å²) < 4.78 is 5.56. The van der Waals surface area contributed by atoms with Gasteiger partial charge in [0.1, 0.15) is 5.75 Å². The van der Waals surface area contributed by atoms with E-state index < -0.39 is 0 Å². The fourth-order valence-corrected chi connectivity index (χ4v) is 1.10. The van der Waals surface area contributed by atoms with Gasteiger partial charge in [-0.2, -0.15) is 0 Å². The molecule has 1 rings (SSSR count). The van der Waals surface area contributed by atoms with E-state index >= 15 is 0 Å². The van der Waals surface area contributed by atoms with E-state index in [9.17, 15) is 0 Å².